The third-order valence-corrected chi connectivity index (χ3v) is 7.47. The Balaban J connectivity index is 1.40. The number of aromatic nitrogens is 1. The monoisotopic (exact) mass is 527 g/mol. The van der Waals surface area contributed by atoms with Gasteiger partial charge < -0.3 is 20.7 Å². The summed E-state index contributed by atoms with van der Waals surface area (Å²) in [6, 6.07) is 6.88. The number of nitrogens with two attached hydrogens (primary N) is 1. The lowest BCUT2D eigenvalue weighted by Crippen LogP contribution is -2.42. The molecular weight excluding hydrogens is 495 g/mol. The van der Waals surface area contributed by atoms with Crippen LogP contribution < -0.4 is 10.5 Å². The van der Waals surface area contributed by atoms with Crippen LogP contribution in [-0.2, 0) is 6.54 Å². The maximum Gasteiger partial charge on any atom is 0.174 e. The second-order valence-corrected chi connectivity index (χ2v) is 9.82. The van der Waals surface area contributed by atoms with E-state index in [1.54, 1.807) is 13.3 Å². The molecule has 202 valence electrons. The number of rotatable bonds is 8. The molecule has 1 aromatic heterocycles. The van der Waals surface area contributed by atoms with Gasteiger partial charge in [0.15, 0.2) is 11.6 Å². The van der Waals surface area contributed by atoms with Crippen LogP contribution in [0.5, 0.6) is 5.75 Å². The maximum atomic E-state index is 13.8. The molecule has 4 rings (SSSR count). The Morgan fingerprint density at radius 2 is 1.95 bits per heavy atom. The predicted octanol–water partition coefficient (Wildman–Crippen LogP) is 4.06. The molecule has 38 heavy (non-hydrogen) atoms. The van der Waals surface area contributed by atoms with E-state index in [1.165, 1.54) is 0 Å². The lowest BCUT2D eigenvalue weighted by atomic mass is 9.74. The highest BCUT2D eigenvalue weighted by atomic mass is 19.2. The molecule has 1 aliphatic heterocycles. The van der Waals surface area contributed by atoms with Gasteiger partial charge in [0, 0.05) is 30.8 Å². The van der Waals surface area contributed by atoms with E-state index in [0.29, 0.717) is 57.1 Å². The molecule has 1 fully saturated rings. The Labute approximate surface area is 220 Å². The maximum absolute atomic E-state index is 13.8. The summed E-state index contributed by atoms with van der Waals surface area (Å²) in [5.41, 5.74) is 7.53. The third kappa shape index (κ3) is 6.11. The number of aliphatic hydroxyl groups is 2. The van der Waals surface area contributed by atoms with Crippen LogP contribution in [0.25, 0.3) is 10.9 Å². The van der Waals surface area contributed by atoms with Gasteiger partial charge >= 0.3 is 0 Å². The Morgan fingerprint density at radius 3 is 2.63 bits per heavy atom. The number of fused-ring (bicyclic) bond motifs is 1. The van der Waals surface area contributed by atoms with Gasteiger partial charge in [-0.2, -0.15) is 0 Å². The van der Waals surface area contributed by atoms with Crippen molar-refractivity contribution in [2.24, 2.45) is 11.1 Å². The first-order valence-electron chi connectivity index (χ1n) is 12.6. The third-order valence-electron chi connectivity index (χ3n) is 7.47. The van der Waals surface area contributed by atoms with Crippen molar-refractivity contribution in [3.05, 3.63) is 70.7 Å². The fourth-order valence-corrected chi connectivity index (χ4v) is 5.07. The van der Waals surface area contributed by atoms with E-state index in [4.69, 9.17) is 10.5 Å². The Kier molecular flexibility index (Phi) is 8.90. The molecule has 0 saturated carbocycles. The van der Waals surface area contributed by atoms with Crippen LogP contribution in [0.1, 0.15) is 48.5 Å². The molecule has 1 atom stereocenters. The van der Waals surface area contributed by atoms with E-state index >= 15 is 0 Å². The summed E-state index contributed by atoms with van der Waals surface area (Å²) in [7, 11) is 1.58. The number of pyridine rings is 1. The standard InChI is InChI=1S/C29H32F3N3O3/c1-38-22-4-5-25-23(15-22)27(20(16-33)17-34-25)26(37)6-7-29(18-36)8-11-35(12-9-29)10-2-3-19-13-21(30)14-24(31)28(19)32/h4-5,13-15,17,26,36-37H,6-12,16,18,33H2,1H3/t26-/m1/s1. The van der Waals surface area contributed by atoms with Gasteiger partial charge in [0.2, 0.25) is 0 Å². The van der Waals surface area contributed by atoms with E-state index in [-0.39, 0.29) is 24.1 Å². The van der Waals surface area contributed by atoms with Gasteiger partial charge in [-0.05, 0) is 79.6 Å². The molecule has 4 N–H and O–H groups in total. The van der Waals surface area contributed by atoms with Crippen molar-refractivity contribution in [1.82, 2.24) is 9.88 Å². The van der Waals surface area contributed by atoms with E-state index in [2.05, 4.69) is 21.7 Å². The largest absolute Gasteiger partial charge is 0.497 e. The van der Waals surface area contributed by atoms with Crippen LogP contribution in [0, 0.1) is 34.7 Å². The Morgan fingerprint density at radius 1 is 1.18 bits per heavy atom. The minimum atomic E-state index is -1.26. The highest BCUT2D eigenvalue weighted by Gasteiger charge is 2.34. The fraction of sp³-hybridized carbons (Fsp3) is 0.414. The number of nitrogens with zero attached hydrogens (tertiary/aromatic N) is 2. The SMILES string of the molecule is COc1ccc2ncc(CN)c([C@H](O)CCC3(CO)CCN(CC#Cc4cc(F)cc(F)c4F)CC3)c2c1. The second-order valence-electron chi connectivity index (χ2n) is 9.82. The number of piperidine rings is 1. The highest BCUT2D eigenvalue weighted by molar-refractivity contribution is 5.85. The van der Waals surface area contributed by atoms with Crippen molar-refractivity contribution >= 4 is 10.9 Å². The number of likely N-dealkylation sites (tertiary alicyclic amines) is 1. The van der Waals surface area contributed by atoms with Gasteiger partial charge in [-0.25, -0.2) is 13.2 Å². The normalized spacial score (nSPS) is 16.2. The van der Waals surface area contributed by atoms with Crippen LogP contribution >= 0.6 is 0 Å². The molecule has 1 aliphatic rings. The molecule has 0 bridgehead atoms. The summed E-state index contributed by atoms with van der Waals surface area (Å²) in [4.78, 5) is 6.51. The van der Waals surface area contributed by atoms with Crippen molar-refractivity contribution in [2.75, 3.05) is 33.4 Å². The Bertz CT molecular complexity index is 1340. The van der Waals surface area contributed by atoms with Crippen LogP contribution in [-0.4, -0.2) is 53.4 Å². The molecule has 9 heteroatoms. The molecule has 0 aliphatic carbocycles. The average molecular weight is 528 g/mol. The number of ether oxygens (including phenoxy) is 1. The summed E-state index contributed by atoms with van der Waals surface area (Å²) >= 11 is 0. The van der Waals surface area contributed by atoms with Crippen molar-refractivity contribution in [3.8, 4) is 17.6 Å². The molecule has 2 heterocycles. The zero-order valence-corrected chi connectivity index (χ0v) is 21.3. The van der Waals surface area contributed by atoms with Crippen molar-refractivity contribution < 1.29 is 28.1 Å². The average Bonchev–Trinajstić information content (AvgIpc) is 2.94. The van der Waals surface area contributed by atoms with E-state index < -0.39 is 23.6 Å². The first kappa shape index (κ1) is 27.9. The van der Waals surface area contributed by atoms with Gasteiger partial charge in [0.05, 0.1) is 30.8 Å². The number of aliphatic hydroxyl groups excluding tert-OH is 2. The van der Waals surface area contributed by atoms with Crippen molar-refractivity contribution in [3.63, 3.8) is 0 Å². The molecule has 1 saturated heterocycles. The first-order chi connectivity index (χ1) is 18.3. The molecule has 0 amide bonds. The van der Waals surface area contributed by atoms with Gasteiger partial charge in [-0.1, -0.05) is 11.8 Å². The number of benzene rings is 2. The van der Waals surface area contributed by atoms with Gasteiger partial charge in [0.25, 0.3) is 0 Å². The molecule has 3 aromatic rings. The van der Waals surface area contributed by atoms with Crippen molar-refractivity contribution in [1.29, 1.82) is 0 Å². The molecule has 0 radical (unpaired) electrons. The molecule has 0 spiro atoms. The number of hydrogen-bond acceptors (Lipinski definition) is 6. The molecule has 0 unspecified atom stereocenters. The summed E-state index contributed by atoms with van der Waals surface area (Å²) in [5, 5.41) is 22.3. The minimum absolute atomic E-state index is 0.0122. The van der Waals surface area contributed by atoms with Crippen LogP contribution in [0.3, 0.4) is 0 Å². The zero-order valence-electron chi connectivity index (χ0n) is 21.3. The topological polar surface area (TPSA) is 91.8 Å². The minimum Gasteiger partial charge on any atom is -0.497 e. The first-order valence-corrected chi connectivity index (χ1v) is 12.6. The molecule has 6 nitrogen and oxygen atoms in total. The number of methoxy groups -OCH3 is 1. The van der Waals surface area contributed by atoms with Gasteiger partial charge in [-0.15, -0.1) is 0 Å². The van der Waals surface area contributed by atoms with Gasteiger partial charge in [0.1, 0.15) is 11.6 Å². The Hall–Kier alpha value is -3.16. The summed E-state index contributed by atoms with van der Waals surface area (Å²) in [6.45, 7) is 1.83. The fourth-order valence-electron chi connectivity index (χ4n) is 5.07. The smallest absolute Gasteiger partial charge is 0.174 e. The lowest BCUT2D eigenvalue weighted by molar-refractivity contribution is 0.0272. The number of halogens is 3. The second kappa shape index (κ2) is 12.1. The summed E-state index contributed by atoms with van der Waals surface area (Å²) in [6.07, 6.45) is 3.33. The lowest BCUT2D eigenvalue weighted by Gasteiger charge is -2.40. The van der Waals surface area contributed by atoms with E-state index in [1.807, 2.05) is 18.2 Å². The number of hydrogen-bond donors (Lipinski definition) is 3. The summed E-state index contributed by atoms with van der Waals surface area (Å²) in [5.74, 6) is 2.67. The van der Waals surface area contributed by atoms with E-state index in [0.717, 1.165) is 28.1 Å². The quantitative estimate of drug-likeness (QED) is 0.302. The molecular formula is C29H32F3N3O3. The molecule has 2 aromatic carbocycles. The van der Waals surface area contributed by atoms with Gasteiger partial charge in [-0.3, -0.25) is 9.88 Å². The van der Waals surface area contributed by atoms with Crippen LogP contribution in [0.15, 0.2) is 36.5 Å². The van der Waals surface area contributed by atoms with Crippen LogP contribution in [0.2, 0.25) is 0 Å². The van der Waals surface area contributed by atoms with Crippen LogP contribution in [0.4, 0.5) is 13.2 Å². The zero-order chi connectivity index (χ0) is 27.3. The summed E-state index contributed by atoms with van der Waals surface area (Å²) < 4.78 is 45.9. The van der Waals surface area contributed by atoms with Crippen molar-refractivity contribution in [2.45, 2.75) is 38.3 Å². The van der Waals surface area contributed by atoms with E-state index in [9.17, 15) is 23.4 Å². The highest BCUT2D eigenvalue weighted by Crippen LogP contribution is 2.39. The predicted molar refractivity (Wildman–Crippen MR) is 139 cm³/mol.